The van der Waals surface area contributed by atoms with Gasteiger partial charge in [-0.2, -0.15) is 0 Å². The number of rotatable bonds is 6. The molecule has 0 saturated heterocycles. The van der Waals surface area contributed by atoms with Gasteiger partial charge in [0.15, 0.2) is 0 Å². The van der Waals surface area contributed by atoms with E-state index in [1.165, 1.54) is 4.88 Å². The molecule has 1 atom stereocenters. The number of halogens is 2. The summed E-state index contributed by atoms with van der Waals surface area (Å²) < 4.78 is 24.5. The Morgan fingerprint density at radius 3 is 2.47 bits per heavy atom. The first-order valence-corrected chi connectivity index (χ1v) is 7.09. The molecule has 0 aliphatic rings. The smallest absolute Gasteiger partial charge is 0.250 e. The van der Waals surface area contributed by atoms with E-state index in [-0.39, 0.29) is 12.6 Å². The van der Waals surface area contributed by atoms with Gasteiger partial charge in [-0.1, -0.05) is 12.1 Å². The molecular weight excluding hydrogens is 260 g/mol. The Hall–Kier alpha value is -0.780. The van der Waals surface area contributed by atoms with Crippen molar-refractivity contribution in [1.82, 2.24) is 5.32 Å². The van der Waals surface area contributed by atoms with Crippen molar-refractivity contribution in [2.24, 2.45) is 0 Å². The fraction of sp³-hybridized carbons (Fsp3) is 0.333. The summed E-state index contributed by atoms with van der Waals surface area (Å²) in [5.74, 6) is 0. The Morgan fingerprint density at radius 1 is 1.12 bits per heavy atom. The molecule has 2 rings (SSSR count). The van der Waals surface area contributed by atoms with Gasteiger partial charge in [0.2, 0.25) is 0 Å². The topological polar surface area (TPSA) is 12.0 Å². The first-order chi connectivity index (χ1) is 8.25. The summed E-state index contributed by atoms with van der Waals surface area (Å²) in [6.45, 7) is -0.256. The van der Waals surface area contributed by atoms with Gasteiger partial charge in [0.05, 0.1) is 6.54 Å². The van der Waals surface area contributed by atoms with E-state index in [0.29, 0.717) is 0 Å². The van der Waals surface area contributed by atoms with Gasteiger partial charge in [-0.05, 0) is 22.9 Å². The number of hydrogen-bond donors (Lipinski definition) is 1. The van der Waals surface area contributed by atoms with Gasteiger partial charge in [-0.3, -0.25) is 0 Å². The largest absolute Gasteiger partial charge is 0.303 e. The van der Waals surface area contributed by atoms with Crippen LogP contribution in [0.3, 0.4) is 0 Å². The van der Waals surface area contributed by atoms with Crippen LogP contribution in [0.5, 0.6) is 0 Å². The molecule has 0 aromatic carbocycles. The average molecular weight is 273 g/mol. The molecule has 0 spiro atoms. The third-order valence-electron chi connectivity index (χ3n) is 2.39. The summed E-state index contributed by atoms with van der Waals surface area (Å²) in [5.41, 5.74) is 0. The molecule has 2 heterocycles. The maximum atomic E-state index is 12.3. The van der Waals surface area contributed by atoms with Crippen molar-refractivity contribution in [2.45, 2.75) is 18.9 Å². The average Bonchev–Trinajstić information content (AvgIpc) is 2.96. The van der Waals surface area contributed by atoms with Crippen molar-refractivity contribution in [3.05, 3.63) is 44.8 Å². The monoisotopic (exact) mass is 273 g/mol. The van der Waals surface area contributed by atoms with E-state index >= 15 is 0 Å². The fourth-order valence-electron chi connectivity index (χ4n) is 1.62. The van der Waals surface area contributed by atoms with Gasteiger partial charge in [0, 0.05) is 22.2 Å². The highest BCUT2D eigenvalue weighted by molar-refractivity contribution is 7.10. The van der Waals surface area contributed by atoms with Gasteiger partial charge in [-0.25, -0.2) is 8.78 Å². The molecule has 0 fully saturated rings. The quantitative estimate of drug-likeness (QED) is 0.840. The van der Waals surface area contributed by atoms with Crippen LogP contribution in [0.1, 0.15) is 15.8 Å². The van der Waals surface area contributed by atoms with Gasteiger partial charge in [0.25, 0.3) is 6.43 Å². The predicted octanol–water partition coefficient (Wildman–Crippen LogP) is 3.95. The van der Waals surface area contributed by atoms with Crippen LogP contribution in [0.2, 0.25) is 0 Å². The maximum Gasteiger partial charge on any atom is 0.250 e. The molecule has 0 aliphatic carbocycles. The van der Waals surface area contributed by atoms with E-state index < -0.39 is 6.43 Å². The Balaban J connectivity index is 2.02. The van der Waals surface area contributed by atoms with Crippen LogP contribution >= 0.6 is 22.7 Å². The summed E-state index contributed by atoms with van der Waals surface area (Å²) in [6.07, 6.45) is -1.54. The molecule has 0 bridgehead atoms. The van der Waals surface area contributed by atoms with E-state index in [4.69, 9.17) is 0 Å². The number of nitrogens with one attached hydrogen (secondary N) is 1. The van der Waals surface area contributed by atoms with Crippen LogP contribution < -0.4 is 5.32 Å². The summed E-state index contributed by atoms with van der Waals surface area (Å²) in [6, 6.07) is 7.95. The van der Waals surface area contributed by atoms with Crippen molar-refractivity contribution in [2.75, 3.05) is 6.54 Å². The Kier molecular flexibility index (Phi) is 4.65. The minimum atomic E-state index is -2.30. The molecule has 92 valence electrons. The van der Waals surface area contributed by atoms with Gasteiger partial charge in [0.1, 0.15) is 0 Å². The predicted molar refractivity (Wildman–Crippen MR) is 69.1 cm³/mol. The van der Waals surface area contributed by atoms with Crippen molar-refractivity contribution in [3.63, 3.8) is 0 Å². The lowest BCUT2D eigenvalue weighted by atomic mass is 10.1. The van der Waals surface area contributed by atoms with Crippen LogP contribution in [0.25, 0.3) is 0 Å². The van der Waals surface area contributed by atoms with Crippen molar-refractivity contribution >= 4 is 22.7 Å². The first kappa shape index (κ1) is 12.7. The minimum Gasteiger partial charge on any atom is -0.303 e. The number of hydrogen-bond acceptors (Lipinski definition) is 3. The zero-order valence-electron chi connectivity index (χ0n) is 9.11. The van der Waals surface area contributed by atoms with E-state index in [1.807, 2.05) is 35.0 Å². The van der Waals surface area contributed by atoms with E-state index in [2.05, 4.69) is 5.32 Å². The molecule has 1 unspecified atom stereocenters. The second kappa shape index (κ2) is 6.23. The second-order valence-corrected chi connectivity index (χ2v) is 5.66. The molecular formula is C12H13F2NS2. The Bertz CT molecular complexity index is 412. The fourth-order valence-corrected chi connectivity index (χ4v) is 3.18. The summed E-state index contributed by atoms with van der Waals surface area (Å²) in [4.78, 5) is 2.32. The highest BCUT2D eigenvalue weighted by atomic mass is 32.1. The highest BCUT2D eigenvalue weighted by Crippen LogP contribution is 2.24. The second-order valence-electron chi connectivity index (χ2n) is 3.65. The molecule has 5 heteroatoms. The third kappa shape index (κ3) is 3.87. The molecule has 0 radical (unpaired) electrons. The van der Waals surface area contributed by atoms with E-state index in [9.17, 15) is 8.78 Å². The normalized spacial score (nSPS) is 13.1. The van der Waals surface area contributed by atoms with Crippen LogP contribution in [-0.4, -0.2) is 13.0 Å². The van der Waals surface area contributed by atoms with E-state index in [1.54, 1.807) is 22.7 Å². The Morgan fingerprint density at radius 2 is 1.88 bits per heavy atom. The SMILES string of the molecule is FC(F)CNC(Cc1cccs1)c1cccs1. The standard InChI is InChI=1S/C12H13F2NS2/c13-12(14)8-15-10(11-4-2-6-17-11)7-9-3-1-5-16-9/h1-6,10,12,15H,7-8H2. The first-order valence-electron chi connectivity index (χ1n) is 5.33. The molecule has 2 aromatic heterocycles. The van der Waals surface area contributed by atoms with Crippen LogP contribution in [0, 0.1) is 0 Å². The van der Waals surface area contributed by atoms with Crippen LogP contribution in [0.4, 0.5) is 8.78 Å². The zero-order valence-corrected chi connectivity index (χ0v) is 10.7. The highest BCUT2D eigenvalue weighted by Gasteiger charge is 2.15. The third-order valence-corrected chi connectivity index (χ3v) is 4.28. The molecule has 0 aliphatic heterocycles. The zero-order chi connectivity index (χ0) is 12.1. The molecule has 1 N–H and O–H groups in total. The lowest BCUT2D eigenvalue weighted by molar-refractivity contribution is 0.141. The van der Waals surface area contributed by atoms with Crippen molar-refractivity contribution in [1.29, 1.82) is 0 Å². The molecule has 1 nitrogen and oxygen atoms in total. The number of thiophene rings is 2. The lowest BCUT2D eigenvalue weighted by Crippen LogP contribution is -2.27. The maximum absolute atomic E-state index is 12.3. The lowest BCUT2D eigenvalue weighted by Gasteiger charge is -2.16. The summed E-state index contributed by atoms with van der Waals surface area (Å²) >= 11 is 3.26. The summed E-state index contributed by atoms with van der Waals surface area (Å²) in [5, 5.41) is 6.91. The molecule has 2 aromatic rings. The van der Waals surface area contributed by atoms with Gasteiger partial charge in [-0.15, -0.1) is 22.7 Å². The Labute approximate surface area is 107 Å². The van der Waals surface area contributed by atoms with Crippen LogP contribution in [0.15, 0.2) is 35.0 Å². The van der Waals surface area contributed by atoms with Crippen LogP contribution in [-0.2, 0) is 6.42 Å². The van der Waals surface area contributed by atoms with Crippen molar-refractivity contribution in [3.8, 4) is 0 Å². The summed E-state index contributed by atoms with van der Waals surface area (Å²) in [7, 11) is 0. The molecule has 0 saturated carbocycles. The minimum absolute atomic E-state index is 0.0114. The molecule has 17 heavy (non-hydrogen) atoms. The van der Waals surface area contributed by atoms with Gasteiger partial charge < -0.3 is 5.32 Å². The number of alkyl halides is 2. The van der Waals surface area contributed by atoms with Gasteiger partial charge >= 0.3 is 0 Å². The molecule has 0 amide bonds. The van der Waals surface area contributed by atoms with Crippen molar-refractivity contribution < 1.29 is 8.78 Å². The van der Waals surface area contributed by atoms with E-state index in [0.717, 1.165) is 11.3 Å².